The number of fused-ring (bicyclic) bond motifs is 6. The van der Waals surface area contributed by atoms with Gasteiger partial charge in [0.1, 0.15) is 0 Å². The van der Waals surface area contributed by atoms with Gasteiger partial charge in [-0.25, -0.2) is 15.0 Å². The van der Waals surface area contributed by atoms with Crippen LogP contribution in [0.15, 0.2) is 164 Å². The van der Waals surface area contributed by atoms with Crippen LogP contribution < -0.4 is 0 Å². The molecule has 0 radical (unpaired) electrons. The lowest BCUT2D eigenvalue weighted by atomic mass is 9.95. The van der Waals surface area contributed by atoms with Gasteiger partial charge in [-0.1, -0.05) is 121 Å². The van der Waals surface area contributed by atoms with Gasteiger partial charge >= 0.3 is 0 Å². The molecule has 10 aromatic rings. The SMILES string of the molecule is c1ccc2cc(-c3nc(-c4ccc5ccccc5c4)nc(-c4cc(-c5ccc6sc7ccccc7c6c5)cc5ccccc45)n3)ccc2c1. The molecule has 0 amide bonds. The lowest BCUT2D eigenvalue weighted by Crippen LogP contribution is -2.01. The van der Waals surface area contributed by atoms with Crippen molar-refractivity contribution in [3.8, 4) is 45.3 Å². The van der Waals surface area contributed by atoms with E-state index in [2.05, 4.69) is 164 Å². The van der Waals surface area contributed by atoms with E-state index >= 15 is 0 Å². The first-order chi connectivity index (χ1) is 24.2. The molecule has 0 spiro atoms. The van der Waals surface area contributed by atoms with Crippen LogP contribution in [0, 0.1) is 0 Å². The predicted octanol–water partition coefficient (Wildman–Crippen LogP) is 12.4. The standard InChI is InChI=1S/C45H27N3S/c1-3-11-30-23-34(19-17-28(30)9-1)43-46-44(35-20-18-29-10-2-4-12-31(29)24-35)48-45(47-43)40-27-36(25-33-13-5-6-14-37(33)40)32-21-22-42-39(26-32)38-15-7-8-16-41(38)49-42/h1-27H. The molecule has 8 aromatic carbocycles. The number of nitrogens with zero attached hydrogens (tertiary/aromatic N) is 3. The van der Waals surface area contributed by atoms with Crippen LogP contribution >= 0.6 is 11.3 Å². The van der Waals surface area contributed by atoms with Crippen LogP contribution in [0.4, 0.5) is 0 Å². The fourth-order valence-electron chi connectivity index (χ4n) is 6.98. The first kappa shape index (κ1) is 27.8. The van der Waals surface area contributed by atoms with Crippen molar-refractivity contribution >= 4 is 63.8 Å². The van der Waals surface area contributed by atoms with Gasteiger partial charge in [-0.15, -0.1) is 11.3 Å². The normalized spacial score (nSPS) is 11.7. The van der Waals surface area contributed by atoms with Gasteiger partial charge in [-0.3, -0.25) is 0 Å². The minimum Gasteiger partial charge on any atom is -0.208 e. The molecule has 0 fully saturated rings. The monoisotopic (exact) mass is 641 g/mol. The summed E-state index contributed by atoms with van der Waals surface area (Å²) in [6.07, 6.45) is 0. The van der Waals surface area contributed by atoms with Crippen LogP contribution in [0.25, 0.3) is 97.8 Å². The second-order valence-corrected chi connectivity index (χ2v) is 13.6. The summed E-state index contributed by atoms with van der Waals surface area (Å²) in [5.41, 5.74) is 5.20. The topological polar surface area (TPSA) is 38.7 Å². The van der Waals surface area contributed by atoms with E-state index in [1.165, 1.54) is 36.5 Å². The maximum atomic E-state index is 5.22. The molecular formula is C45H27N3S. The Bertz CT molecular complexity index is 2810. The van der Waals surface area contributed by atoms with Crippen molar-refractivity contribution in [2.45, 2.75) is 0 Å². The highest BCUT2D eigenvalue weighted by atomic mass is 32.1. The van der Waals surface area contributed by atoms with Gasteiger partial charge < -0.3 is 0 Å². The zero-order valence-electron chi connectivity index (χ0n) is 26.3. The van der Waals surface area contributed by atoms with E-state index in [1.54, 1.807) is 0 Å². The lowest BCUT2D eigenvalue weighted by Gasteiger charge is -2.13. The van der Waals surface area contributed by atoms with Crippen molar-refractivity contribution in [1.82, 2.24) is 15.0 Å². The molecule has 4 heteroatoms. The van der Waals surface area contributed by atoms with Crippen molar-refractivity contribution in [2.24, 2.45) is 0 Å². The maximum Gasteiger partial charge on any atom is 0.164 e. The predicted molar refractivity (Wildman–Crippen MR) is 207 cm³/mol. The number of hydrogen-bond donors (Lipinski definition) is 0. The van der Waals surface area contributed by atoms with Gasteiger partial charge in [0.15, 0.2) is 17.5 Å². The van der Waals surface area contributed by atoms with Crippen LogP contribution in [-0.4, -0.2) is 15.0 Å². The van der Waals surface area contributed by atoms with Crippen molar-refractivity contribution in [3.05, 3.63) is 164 Å². The third-order valence-corrected chi connectivity index (χ3v) is 10.6. The molecule has 228 valence electrons. The molecule has 0 aliphatic rings. The van der Waals surface area contributed by atoms with Crippen molar-refractivity contribution in [1.29, 1.82) is 0 Å². The third kappa shape index (κ3) is 4.85. The third-order valence-electron chi connectivity index (χ3n) is 9.46. The number of benzene rings is 8. The summed E-state index contributed by atoms with van der Waals surface area (Å²) in [6, 6.07) is 58.2. The second-order valence-electron chi connectivity index (χ2n) is 12.5. The van der Waals surface area contributed by atoms with Gasteiger partial charge in [0.05, 0.1) is 0 Å². The van der Waals surface area contributed by atoms with Gasteiger partial charge in [-0.05, 0) is 85.9 Å². The second kappa shape index (κ2) is 11.2. The zero-order chi connectivity index (χ0) is 32.3. The molecule has 0 aliphatic carbocycles. The van der Waals surface area contributed by atoms with Crippen LogP contribution in [0.1, 0.15) is 0 Å². The Morgan fingerprint density at radius 3 is 1.51 bits per heavy atom. The minimum atomic E-state index is 0.652. The van der Waals surface area contributed by atoms with E-state index in [1.807, 2.05) is 11.3 Å². The van der Waals surface area contributed by atoms with E-state index in [-0.39, 0.29) is 0 Å². The smallest absolute Gasteiger partial charge is 0.164 e. The highest BCUT2D eigenvalue weighted by Gasteiger charge is 2.17. The summed E-state index contributed by atoms with van der Waals surface area (Å²) in [5.74, 6) is 1.96. The Morgan fingerprint density at radius 1 is 0.306 bits per heavy atom. The summed E-state index contributed by atoms with van der Waals surface area (Å²) in [5, 5.41) is 9.50. The molecule has 0 aliphatic heterocycles. The summed E-state index contributed by atoms with van der Waals surface area (Å²) < 4.78 is 2.60. The van der Waals surface area contributed by atoms with Crippen molar-refractivity contribution < 1.29 is 0 Å². The Morgan fingerprint density at radius 2 is 0.816 bits per heavy atom. The molecular weight excluding hydrogens is 615 g/mol. The average molecular weight is 642 g/mol. The summed E-state index contributed by atoms with van der Waals surface area (Å²) in [6.45, 7) is 0. The van der Waals surface area contributed by atoms with Crippen LogP contribution in [0.2, 0.25) is 0 Å². The molecule has 0 N–H and O–H groups in total. The van der Waals surface area contributed by atoms with Gasteiger partial charge in [0, 0.05) is 36.9 Å². The highest BCUT2D eigenvalue weighted by Crippen LogP contribution is 2.39. The number of thiophene rings is 1. The number of hydrogen-bond acceptors (Lipinski definition) is 4. The Balaban J connectivity index is 1.21. The Kier molecular flexibility index (Phi) is 6.36. The first-order valence-corrected chi connectivity index (χ1v) is 17.2. The van der Waals surface area contributed by atoms with Crippen LogP contribution in [0.3, 0.4) is 0 Å². The van der Waals surface area contributed by atoms with Gasteiger partial charge in [0.2, 0.25) is 0 Å². The molecule has 0 saturated carbocycles. The fourth-order valence-corrected chi connectivity index (χ4v) is 8.07. The Labute approximate surface area is 286 Å². The molecule has 0 atom stereocenters. The van der Waals surface area contributed by atoms with Crippen LogP contribution in [-0.2, 0) is 0 Å². The molecule has 2 aromatic heterocycles. The molecule has 3 nitrogen and oxygen atoms in total. The lowest BCUT2D eigenvalue weighted by molar-refractivity contribution is 1.08. The summed E-state index contributed by atoms with van der Waals surface area (Å²) >= 11 is 1.84. The van der Waals surface area contributed by atoms with Gasteiger partial charge in [-0.2, -0.15) is 0 Å². The molecule has 10 rings (SSSR count). The summed E-state index contributed by atoms with van der Waals surface area (Å²) in [7, 11) is 0. The number of rotatable bonds is 4. The largest absolute Gasteiger partial charge is 0.208 e. The van der Waals surface area contributed by atoms with Crippen LogP contribution in [0.5, 0.6) is 0 Å². The minimum absolute atomic E-state index is 0.652. The van der Waals surface area contributed by atoms with Crippen molar-refractivity contribution in [3.63, 3.8) is 0 Å². The first-order valence-electron chi connectivity index (χ1n) is 16.4. The molecule has 0 unspecified atom stereocenters. The van der Waals surface area contributed by atoms with Crippen molar-refractivity contribution in [2.75, 3.05) is 0 Å². The van der Waals surface area contributed by atoms with E-state index in [9.17, 15) is 0 Å². The van der Waals surface area contributed by atoms with E-state index in [4.69, 9.17) is 15.0 Å². The highest BCUT2D eigenvalue weighted by molar-refractivity contribution is 7.25. The van der Waals surface area contributed by atoms with Gasteiger partial charge in [0.25, 0.3) is 0 Å². The summed E-state index contributed by atoms with van der Waals surface area (Å²) in [4.78, 5) is 15.5. The quantitative estimate of drug-likeness (QED) is 0.192. The number of aromatic nitrogens is 3. The average Bonchev–Trinajstić information content (AvgIpc) is 3.55. The van der Waals surface area contributed by atoms with E-state index in [0.717, 1.165) is 43.8 Å². The molecule has 0 saturated heterocycles. The van der Waals surface area contributed by atoms with E-state index < -0.39 is 0 Å². The zero-order valence-corrected chi connectivity index (χ0v) is 27.2. The maximum absolute atomic E-state index is 5.22. The van der Waals surface area contributed by atoms with E-state index in [0.29, 0.717) is 17.5 Å². The molecule has 49 heavy (non-hydrogen) atoms. The molecule has 2 heterocycles. The Hall–Kier alpha value is -6.23. The fraction of sp³-hybridized carbons (Fsp3) is 0. The molecule has 0 bridgehead atoms.